The first kappa shape index (κ1) is 12.2. The maximum absolute atomic E-state index is 11.9. The van der Waals surface area contributed by atoms with Gasteiger partial charge in [0.05, 0.1) is 12.6 Å². The fraction of sp³-hybridized carbons (Fsp3) is 0.615. The van der Waals surface area contributed by atoms with Crippen molar-refractivity contribution in [2.24, 2.45) is 7.05 Å². The lowest BCUT2D eigenvalue weighted by molar-refractivity contribution is -0.123. The molecule has 94 valence electrons. The molecule has 17 heavy (non-hydrogen) atoms. The number of carbonyl (C=O) groups excluding carboxylic acids is 1. The summed E-state index contributed by atoms with van der Waals surface area (Å²) < 4.78 is 2.11. The van der Waals surface area contributed by atoms with Crippen molar-refractivity contribution in [3.63, 3.8) is 0 Å². The standard InChI is InChI=1S/C13H21N3O/c1-10-6-7-11(16(10)2)9-15-13(17)12-5-3-4-8-14-12/h6-7,12,14H,3-5,8-9H2,1-2H3,(H,15,17)/t12-/m1/s1. The number of aryl methyl sites for hydroxylation is 1. The minimum Gasteiger partial charge on any atom is -0.350 e. The smallest absolute Gasteiger partial charge is 0.237 e. The van der Waals surface area contributed by atoms with Gasteiger partial charge in [-0.3, -0.25) is 4.79 Å². The van der Waals surface area contributed by atoms with E-state index in [-0.39, 0.29) is 11.9 Å². The highest BCUT2D eigenvalue weighted by Crippen LogP contribution is 2.08. The first-order valence-electron chi connectivity index (χ1n) is 6.31. The molecule has 1 amide bonds. The van der Waals surface area contributed by atoms with Gasteiger partial charge in [-0.05, 0) is 38.4 Å². The molecule has 1 fully saturated rings. The van der Waals surface area contributed by atoms with Gasteiger partial charge in [-0.25, -0.2) is 0 Å². The molecule has 1 saturated heterocycles. The first-order chi connectivity index (χ1) is 8.18. The highest BCUT2D eigenvalue weighted by atomic mass is 16.2. The molecule has 0 aliphatic carbocycles. The Hall–Kier alpha value is -1.29. The van der Waals surface area contributed by atoms with E-state index in [4.69, 9.17) is 0 Å². The third-order valence-electron chi connectivity index (χ3n) is 3.55. The second-order valence-electron chi connectivity index (χ2n) is 4.75. The molecule has 1 aliphatic rings. The fourth-order valence-corrected chi connectivity index (χ4v) is 2.22. The molecule has 4 nitrogen and oxygen atoms in total. The third-order valence-corrected chi connectivity index (χ3v) is 3.55. The summed E-state index contributed by atoms with van der Waals surface area (Å²) in [6.07, 6.45) is 3.28. The molecule has 0 radical (unpaired) electrons. The van der Waals surface area contributed by atoms with Gasteiger partial charge in [0, 0.05) is 18.4 Å². The molecule has 1 atom stereocenters. The van der Waals surface area contributed by atoms with E-state index in [0.717, 1.165) is 25.1 Å². The van der Waals surface area contributed by atoms with Gasteiger partial charge >= 0.3 is 0 Å². The number of aromatic nitrogens is 1. The van der Waals surface area contributed by atoms with Gasteiger partial charge in [0.2, 0.25) is 5.91 Å². The van der Waals surface area contributed by atoms with Crippen LogP contribution in [0.5, 0.6) is 0 Å². The monoisotopic (exact) mass is 235 g/mol. The van der Waals surface area contributed by atoms with E-state index in [1.807, 2.05) is 7.05 Å². The molecule has 2 rings (SSSR count). The Morgan fingerprint density at radius 2 is 2.35 bits per heavy atom. The van der Waals surface area contributed by atoms with Crippen molar-refractivity contribution in [1.82, 2.24) is 15.2 Å². The lowest BCUT2D eigenvalue weighted by atomic mass is 10.0. The Bertz CT molecular complexity index is 391. The third kappa shape index (κ3) is 2.88. The molecular weight excluding hydrogens is 214 g/mol. The number of nitrogens with one attached hydrogen (secondary N) is 2. The largest absolute Gasteiger partial charge is 0.350 e. The van der Waals surface area contributed by atoms with E-state index in [0.29, 0.717) is 6.54 Å². The van der Waals surface area contributed by atoms with E-state index in [1.165, 1.54) is 12.1 Å². The Kier molecular flexibility index (Phi) is 3.84. The van der Waals surface area contributed by atoms with Crippen LogP contribution in [0.2, 0.25) is 0 Å². The van der Waals surface area contributed by atoms with Gasteiger partial charge < -0.3 is 15.2 Å². The number of amides is 1. The maximum Gasteiger partial charge on any atom is 0.237 e. The van der Waals surface area contributed by atoms with Gasteiger partial charge in [-0.15, -0.1) is 0 Å². The summed E-state index contributed by atoms with van der Waals surface area (Å²) in [5.74, 6) is 0.128. The van der Waals surface area contributed by atoms with Gasteiger partial charge in [-0.1, -0.05) is 6.42 Å². The topological polar surface area (TPSA) is 46.1 Å². The average molecular weight is 235 g/mol. The van der Waals surface area contributed by atoms with Crippen molar-refractivity contribution in [1.29, 1.82) is 0 Å². The molecule has 1 aromatic heterocycles. The highest BCUT2D eigenvalue weighted by Gasteiger charge is 2.20. The number of hydrogen-bond acceptors (Lipinski definition) is 2. The van der Waals surface area contributed by atoms with Crippen molar-refractivity contribution >= 4 is 5.91 Å². The zero-order valence-electron chi connectivity index (χ0n) is 10.6. The Morgan fingerprint density at radius 1 is 1.53 bits per heavy atom. The van der Waals surface area contributed by atoms with Crippen LogP contribution in [0.4, 0.5) is 0 Å². The Balaban J connectivity index is 1.85. The zero-order chi connectivity index (χ0) is 12.3. The van der Waals surface area contributed by atoms with Crippen LogP contribution in [-0.4, -0.2) is 23.1 Å². The summed E-state index contributed by atoms with van der Waals surface area (Å²) in [4.78, 5) is 11.9. The molecule has 2 heterocycles. The summed E-state index contributed by atoms with van der Waals surface area (Å²) in [6, 6.07) is 4.13. The van der Waals surface area contributed by atoms with Crippen molar-refractivity contribution in [2.75, 3.05) is 6.54 Å². The molecule has 0 saturated carbocycles. The van der Waals surface area contributed by atoms with E-state index in [1.54, 1.807) is 0 Å². The van der Waals surface area contributed by atoms with Crippen LogP contribution in [0.1, 0.15) is 30.7 Å². The van der Waals surface area contributed by atoms with Gasteiger partial charge in [0.15, 0.2) is 0 Å². The van der Waals surface area contributed by atoms with Gasteiger partial charge in [0.1, 0.15) is 0 Å². The molecule has 0 spiro atoms. The highest BCUT2D eigenvalue weighted by molar-refractivity contribution is 5.81. The summed E-state index contributed by atoms with van der Waals surface area (Å²) in [5.41, 5.74) is 2.36. The lowest BCUT2D eigenvalue weighted by Gasteiger charge is -2.22. The van der Waals surface area contributed by atoms with Crippen LogP contribution in [0.3, 0.4) is 0 Å². The predicted octanol–water partition coefficient (Wildman–Crippen LogP) is 1.09. The lowest BCUT2D eigenvalue weighted by Crippen LogP contribution is -2.46. The SMILES string of the molecule is Cc1ccc(CNC(=O)[C@H]2CCCCN2)n1C. The predicted molar refractivity (Wildman–Crippen MR) is 67.6 cm³/mol. The molecule has 2 N–H and O–H groups in total. The van der Waals surface area contributed by atoms with E-state index >= 15 is 0 Å². The second-order valence-corrected chi connectivity index (χ2v) is 4.75. The molecule has 4 heteroatoms. The molecular formula is C13H21N3O. The summed E-state index contributed by atoms with van der Waals surface area (Å²) in [6.45, 7) is 3.64. The van der Waals surface area contributed by atoms with Crippen molar-refractivity contribution in [2.45, 2.75) is 38.8 Å². The van der Waals surface area contributed by atoms with Crippen molar-refractivity contribution in [3.8, 4) is 0 Å². The van der Waals surface area contributed by atoms with Crippen LogP contribution < -0.4 is 10.6 Å². The van der Waals surface area contributed by atoms with Crippen LogP contribution in [-0.2, 0) is 18.4 Å². The Labute approximate surface area is 102 Å². The van der Waals surface area contributed by atoms with Crippen molar-refractivity contribution in [3.05, 3.63) is 23.5 Å². The number of nitrogens with zero attached hydrogens (tertiary/aromatic N) is 1. The minimum absolute atomic E-state index is 0.00474. The fourth-order valence-electron chi connectivity index (χ4n) is 2.22. The summed E-state index contributed by atoms with van der Waals surface area (Å²) in [5, 5.41) is 6.26. The van der Waals surface area contributed by atoms with E-state index in [2.05, 4.69) is 34.3 Å². The quantitative estimate of drug-likeness (QED) is 0.824. The number of hydrogen-bond donors (Lipinski definition) is 2. The number of piperidine rings is 1. The van der Waals surface area contributed by atoms with Crippen LogP contribution >= 0.6 is 0 Å². The molecule has 0 aromatic carbocycles. The minimum atomic E-state index is 0.00474. The number of rotatable bonds is 3. The maximum atomic E-state index is 11.9. The Morgan fingerprint density at radius 3 is 2.94 bits per heavy atom. The van der Waals surface area contributed by atoms with Gasteiger partial charge in [-0.2, -0.15) is 0 Å². The van der Waals surface area contributed by atoms with E-state index in [9.17, 15) is 4.79 Å². The number of carbonyl (C=O) groups is 1. The summed E-state index contributed by atoms with van der Waals surface area (Å²) in [7, 11) is 2.02. The molecule has 0 unspecified atom stereocenters. The van der Waals surface area contributed by atoms with Crippen LogP contribution in [0, 0.1) is 6.92 Å². The van der Waals surface area contributed by atoms with Crippen LogP contribution in [0.15, 0.2) is 12.1 Å². The average Bonchev–Trinajstić information content (AvgIpc) is 2.68. The normalized spacial score (nSPS) is 20.2. The second kappa shape index (κ2) is 5.36. The van der Waals surface area contributed by atoms with Crippen LogP contribution in [0.25, 0.3) is 0 Å². The van der Waals surface area contributed by atoms with E-state index < -0.39 is 0 Å². The van der Waals surface area contributed by atoms with Gasteiger partial charge in [0.25, 0.3) is 0 Å². The zero-order valence-corrected chi connectivity index (χ0v) is 10.6. The molecule has 0 bridgehead atoms. The molecule has 1 aromatic rings. The molecule has 1 aliphatic heterocycles. The van der Waals surface area contributed by atoms with Crippen molar-refractivity contribution < 1.29 is 4.79 Å². The first-order valence-corrected chi connectivity index (χ1v) is 6.31. The summed E-state index contributed by atoms with van der Waals surface area (Å²) >= 11 is 0.